The third-order valence-corrected chi connectivity index (χ3v) is 6.25. The van der Waals surface area contributed by atoms with Gasteiger partial charge < -0.3 is 23.8 Å². The van der Waals surface area contributed by atoms with Gasteiger partial charge in [0.05, 0.1) is 24.4 Å². The minimum atomic E-state index is -0.379. The molecule has 1 aliphatic heterocycles. The molecule has 1 fully saturated rings. The first-order chi connectivity index (χ1) is 16.0. The van der Waals surface area contributed by atoms with Gasteiger partial charge in [0, 0.05) is 26.2 Å². The summed E-state index contributed by atoms with van der Waals surface area (Å²) in [5.74, 6) is 0.604. The lowest BCUT2D eigenvalue weighted by molar-refractivity contribution is -0.117. The highest BCUT2D eigenvalue weighted by Gasteiger charge is 2.26. The first-order valence-corrected chi connectivity index (χ1v) is 11.3. The number of carbonyl (C=O) groups is 2. The number of ether oxygens (including phenoxy) is 1. The highest BCUT2D eigenvalue weighted by molar-refractivity contribution is 7.18. The van der Waals surface area contributed by atoms with Crippen LogP contribution in [0.4, 0.5) is 10.9 Å². The van der Waals surface area contributed by atoms with Gasteiger partial charge in [-0.25, -0.2) is 4.79 Å². The molecule has 10 nitrogen and oxygen atoms in total. The smallest absolute Gasteiger partial charge is 0.348 e. The molecule has 1 aliphatic rings. The molecule has 0 unspecified atom stereocenters. The number of thiophene rings is 1. The molecule has 0 atom stereocenters. The van der Waals surface area contributed by atoms with Crippen molar-refractivity contribution in [1.82, 2.24) is 9.88 Å². The predicted molar refractivity (Wildman–Crippen MR) is 121 cm³/mol. The van der Waals surface area contributed by atoms with Crippen molar-refractivity contribution < 1.29 is 23.2 Å². The molecule has 0 saturated carbocycles. The molecule has 3 aromatic rings. The molecule has 1 amide bonds. The van der Waals surface area contributed by atoms with Gasteiger partial charge in [-0.3, -0.25) is 9.69 Å². The van der Waals surface area contributed by atoms with E-state index in [2.05, 4.69) is 16.4 Å². The average Bonchev–Trinajstić information content (AvgIpc) is 3.54. The number of hydrogen-bond acceptors (Lipinski definition) is 10. The Balaban J connectivity index is 1.32. The third-order valence-electron chi connectivity index (χ3n) is 5.12. The van der Waals surface area contributed by atoms with Gasteiger partial charge in [0.2, 0.25) is 17.5 Å². The zero-order chi connectivity index (χ0) is 23.4. The highest BCUT2D eigenvalue weighted by atomic mass is 32.1. The molecule has 3 aromatic heterocycles. The number of rotatable bonds is 7. The molecule has 0 aromatic carbocycles. The lowest BCUT2D eigenvalue weighted by Crippen LogP contribution is -2.48. The summed E-state index contributed by atoms with van der Waals surface area (Å²) < 4.78 is 16.1. The van der Waals surface area contributed by atoms with E-state index in [1.165, 1.54) is 17.6 Å². The molecule has 1 saturated heterocycles. The summed E-state index contributed by atoms with van der Waals surface area (Å²) in [5.41, 5.74) is 0.981. The summed E-state index contributed by atoms with van der Waals surface area (Å²) in [5, 5.41) is 12.9. The Morgan fingerprint density at radius 2 is 2.12 bits per heavy atom. The number of aryl methyl sites for hydroxylation is 1. The first-order valence-electron chi connectivity index (χ1n) is 10.5. The molecular formula is C22H23N5O5S. The van der Waals surface area contributed by atoms with Crippen LogP contribution in [0.3, 0.4) is 0 Å². The number of amides is 1. The van der Waals surface area contributed by atoms with E-state index in [-0.39, 0.29) is 30.0 Å². The molecule has 4 heterocycles. The Hall–Kier alpha value is -3.62. The van der Waals surface area contributed by atoms with E-state index in [9.17, 15) is 14.9 Å². The molecule has 172 valence electrons. The summed E-state index contributed by atoms with van der Waals surface area (Å²) in [7, 11) is 0. The van der Waals surface area contributed by atoms with Crippen molar-refractivity contribution in [2.75, 3.05) is 49.5 Å². The van der Waals surface area contributed by atoms with Crippen molar-refractivity contribution in [3.05, 3.63) is 40.6 Å². The van der Waals surface area contributed by atoms with Gasteiger partial charge in [0.1, 0.15) is 10.9 Å². The van der Waals surface area contributed by atoms with Crippen molar-refractivity contribution in [3.63, 3.8) is 0 Å². The number of anilines is 2. The summed E-state index contributed by atoms with van der Waals surface area (Å²) in [6, 6.07) is 7.29. The summed E-state index contributed by atoms with van der Waals surface area (Å²) >= 11 is 1.21. The van der Waals surface area contributed by atoms with Crippen LogP contribution in [0, 0.1) is 18.3 Å². The fourth-order valence-corrected chi connectivity index (χ4v) is 4.52. The number of nitriles is 1. The zero-order valence-corrected chi connectivity index (χ0v) is 19.1. The first kappa shape index (κ1) is 22.6. The summed E-state index contributed by atoms with van der Waals surface area (Å²) in [6.45, 7) is 6.49. The van der Waals surface area contributed by atoms with Gasteiger partial charge in [-0.05, 0) is 37.6 Å². The minimum absolute atomic E-state index is 0.155. The Labute approximate surface area is 194 Å². The molecule has 0 aliphatic carbocycles. The maximum atomic E-state index is 12.5. The lowest BCUT2D eigenvalue weighted by Gasteiger charge is -2.33. The summed E-state index contributed by atoms with van der Waals surface area (Å²) in [4.78, 5) is 33.2. The van der Waals surface area contributed by atoms with Gasteiger partial charge in [-0.1, -0.05) is 0 Å². The Bertz CT molecular complexity index is 1170. The van der Waals surface area contributed by atoms with Crippen LogP contribution >= 0.6 is 11.3 Å². The van der Waals surface area contributed by atoms with Crippen LogP contribution in [0.25, 0.3) is 11.7 Å². The topological polar surface area (TPSA) is 125 Å². The Morgan fingerprint density at radius 1 is 1.33 bits per heavy atom. The van der Waals surface area contributed by atoms with Crippen LogP contribution in [0.15, 0.2) is 33.3 Å². The molecule has 4 rings (SSSR count). The van der Waals surface area contributed by atoms with Crippen molar-refractivity contribution in [1.29, 1.82) is 5.26 Å². The van der Waals surface area contributed by atoms with Crippen LogP contribution < -0.4 is 10.2 Å². The van der Waals surface area contributed by atoms with Crippen molar-refractivity contribution in [3.8, 4) is 17.7 Å². The number of nitrogens with one attached hydrogen (secondary N) is 1. The van der Waals surface area contributed by atoms with E-state index < -0.39 is 0 Å². The van der Waals surface area contributed by atoms with E-state index in [1.54, 1.807) is 25.1 Å². The van der Waals surface area contributed by atoms with Crippen molar-refractivity contribution >= 4 is 34.1 Å². The number of aromatic nitrogens is 1. The molecule has 0 spiro atoms. The number of nitrogens with zero attached hydrogens (tertiary/aromatic N) is 4. The highest BCUT2D eigenvalue weighted by Crippen LogP contribution is 2.29. The van der Waals surface area contributed by atoms with E-state index in [4.69, 9.17) is 13.6 Å². The van der Waals surface area contributed by atoms with Crippen LogP contribution in [0.2, 0.25) is 0 Å². The fourth-order valence-electron chi connectivity index (χ4n) is 3.54. The maximum Gasteiger partial charge on any atom is 0.348 e. The standard InChI is InChI=1S/C22H23N5O5S/c1-3-30-22(29)19-14(2)11-18(33-19)25-17(28)13-26-6-8-27(9-7-26)21-15(12-23)24-20(32-21)16-5-4-10-31-16/h4-5,10-11H,3,6-9,13H2,1-2H3,(H,25,28). The number of oxazole rings is 1. The second-order valence-electron chi connectivity index (χ2n) is 7.42. The zero-order valence-electron chi connectivity index (χ0n) is 18.3. The molecule has 0 bridgehead atoms. The number of hydrogen-bond donors (Lipinski definition) is 1. The number of furan rings is 1. The molecular weight excluding hydrogens is 446 g/mol. The second kappa shape index (κ2) is 9.89. The van der Waals surface area contributed by atoms with Gasteiger partial charge in [0.25, 0.3) is 5.89 Å². The predicted octanol–water partition coefficient (Wildman–Crippen LogP) is 3.11. The van der Waals surface area contributed by atoms with Crippen LogP contribution in [-0.2, 0) is 9.53 Å². The minimum Gasteiger partial charge on any atom is -0.462 e. The molecule has 33 heavy (non-hydrogen) atoms. The van der Waals surface area contributed by atoms with E-state index in [0.29, 0.717) is 54.3 Å². The molecule has 1 N–H and O–H groups in total. The SMILES string of the molecule is CCOC(=O)c1sc(NC(=O)CN2CCN(c3oc(-c4ccco4)nc3C#N)CC2)cc1C. The second-order valence-corrected chi connectivity index (χ2v) is 8.47. The van der Waals surface area contributed by atoms with E-state index >= 15 is 0 Å². The van der Waals surface area contributed by atoms with Crippen LogP contribution in [0.1, 0.15) is 27.9 Å². The lowest BCUT2D eigenvalue weighted by atomic mass is 10.3. The maximum absolute atomic E-state index is 12.5. The number of esters is 1. The van der Waals surface area contributed by atoms with Crippen molar-refractivity contribution in [2.45, 2.75) is 13.8 Å². The normalized spacial score (nSPS) is 14.2. The number of carbonyl (C=O) groups excluding carboxylic acids is 2. The monoisotopic (exact) mass is 469 g/mol. The van der Waals surface area contributed by atoms with Gasteiger partial charge in [-0.2, -0.15) is 10.2 Å². The van der Waals surface area contributed by atoms with E-state index in [0.717, 1.165) is 5.56 Å². The average molecular weight is 470 g/mol. The third kappa shape index (κ3) is 5.08. The molecule has 11 heteroatoms. The Morgan fingerprint density at radius 3 is 2.79 bits per heavy atom. The molecule has 0 radical (unpaired) electrons. The van der Waals surface area contributed by atoms with Gasteiger partial charge in [-0.15, -0.1) is 11.3 Å². The van der Waals surface area contributed by atoms with Crippen LogP contribution in [0.5, 0.6) is 0 Å². The van der Waals surface area contributed by atoms with Crippen LogP contribution in [-0.4, -0.2) is 61.1 Å². The number of piperazine rings is 1. The summed E-state index contributed by atoms with van der Waals surface area (Å²) in [6.07, 6.45) is 1.52. The Kier molecular flexibility index (Phi) is 6.76. The van der Waals surface area contributed by atoms with Crippen molar-refractivity contribution in [2.24, 2.45) is 0 Å². The quantitative estimate of drug-likeness (QED) is 0.520. The van der Waals surface area contributed by atoms with Gasteiger partial charge >= 0.3 is 5.97 Å². The largest absolute Gasteiger partial charge is 0.462 e. The van der Waals surface area contributed by atoms with E-state index in [1.807, 2.05) is 16.7 Å². The van der Waals surface area contributed by atoms with Gasteiger partial charge in [0.15, 0.2) is 5.76 Å². The fraction of sp³-hybridized carbons (Fsp3) is 0.364.